The van der Waals surface area contributed by atoms with Gasteiger partial charge in [0.1, 0.15) is 5.82 Å². The van der Waals surface area contributed by atoms with Crippen molar-refractivity contribution in [3.8, 4) is 5.88 Å². The Morgan fingerprint density at radius 1 is 1.33 bits per heavy atom. The summed E-state index contributed by atoms with van der Waals surface area (Å²) in [5.74, 6) is 2.32. The summed E-state index contributed by atoms with van der Waals surface area (Å²) >= 11 is 0. The Labute approximate surface area is 87.7 Å². The maximum absolute atomic E-state index is 5.07. The molecule has 4 nitrogen and oxygen atoms in total. The van der Waals surface area contributed by atoms with Gasteiger partial charge in [-0.15, -0.1) is 0 Å². The lowest BCUT2D eigenvalue weighted by Crippen LogP contribution is -2.10. The normalized spacial score (nSPS) is 16.6. The van der Waals surface area contributed by atoms with E-state index in [9.17, 15) is 0 Å². The first kappa shape index (κ1) is 8.71. The fourth-order valence-corrected chi connectivity index (χ4v) is 1.88. The lowest BCUT2D eigenvalue weighted by atomic mass is 9.85. The van der Waals surface area contributed by atoms with E-state index in [4.69, 9.17) is 4.74 Å². The number of ether oxygens (including phenoxy) is 1. The van der Waals surface area contributed by atoms with E-state index in [1.165, 1.54) is 19.3 Å². The largest absolute Gasteiger partial charge is 0.481 e. The average Bonchev–Trinajstić information content (AvgIpc) is 2.56. The van der Waals surface area contributed by atoms with Crippen LogP contribution in [0.4, 0.5) is 0 Å². The van der Waals surface area contributed by atoms with Crippen LogP contribution in [0.1, 0.15) is 31.0 Å². The maximum atomic E-state index is 5.07. The molecule has 0 unspecified atom stereocenters. The van der Waals surface area contributed by atoms with E-state index in [0.717, 1.165) is 17.0 Å². The van der Waals surface area contributed by atoms with Crippen molar-refractivity contribution < 1.29 is 4.74 Å². The minimum absolute atomic E-state index is 0.616. The number of nitrogens with one attached hydrogen (secondary N) is 1. The Kier molecular flexibility index (Phi) is 1.87. The number of H-pyrrole nitrogens is 1. The fourth-order valence-electron chi connectivity index (χ4n) is 1.88. The summed E-state index contributed by atoms with van der Waals surface area (Å²) < 4.78 is 5.07. The maximum Gasteiger partial charge on any atom is 0.215 e. The number of pyridine rings is 1. The third-order valence-corrected chi connectivity index (χ3v) is 3.04. The molecule has 15 heavy (non-hydrogen) atoms. The molecule has 0 atom stereocenters. The molecule has 0 aliphatic heterocycles. The Bertz CT molecular complexity index is 488. The van der Waals surface area contributed by atoms with Crippen LogP contribution in [0.15, 0.2) is 12.1 Å². The lowest BCUT2D eigenvalue weighted by molar-refractivity contribution is 0.398. The van der Waals surface area contributed by atoms with E-state index in [1.807, 2.05) is 12.1 Å². The van der Waals surface area contributed by atoms with Gasteiger partial charge in [-0.3, -0.25) is 0 Å². The predicted molar refractivity (Wildman–Crippen MR) is 57.0 cm³/mol. The Morgan fingerprint density at radius 3 is 2.87 bits per heavy atom. The van der Waals surface area contributed by atoms with Crippen LogP contribution < -0.4 is 4.74 Å². The summed E-state index contributed by atoms with van der Waals surface area (Å²) in [5, 5.41) is 0. The first-order chi connectivity index (χ1) is 7.36. The number of hydrogen-bond acceptors (Lipinski definition) is 3. The highest BCUT2D eigenvalue weighted by atomic mass is 16.5. The monoisotopic (exact) mass is 203 g/mol. The second kappa shape index (κ2) is 3.22. The summed E-state index contributed by atoms with van der Waals surface area (Å²) in [6.45, 7) is 0. The van der Waals surface area contributed by atoms with Crippen LogP contribution in [-0.2, 0) is 0 Å². The van der Waals surface area contributed by atoms with E-state index >= 15 is 0 Å². The molecule has 3 rings (SSSR count). The molecule has 0 spiro atoms. The molecule has 1 aliphatic rings. The molecule has 4 heteroatoms. The molecule has 0 radical (unpaired) electrons. The van der Waals surface area contributed by atoms with Crippen LogP contribution in [0.2, 0.25) is 0 Å². The van der Waals surface area contributed by atoms with Crippen molar-refractivity contribution >= 4 is 11.2 Å². The Balaban J connectivity index is 2.04. The van der Waals surface area contributed by atoms with Gasteiger partial charge in [0.2, 0.25) is 5.88 Å². The summed E-state index contributed by atoms with van der Waals surface area (Å²) in [6.07, 6.45) is 3.81. The predicted octanol–water partition coefficient (Wildman–Crippen LogP) is 2.23. The van der Waals surface area contributed by atoms with Gasteiger partial charge in [-0.05, 0) is 18.9 Å². The second-order valence-corrected chi connectivity index (χ2v) is 3.97. The van der Waals surface area contributed by atoms with Crippen molar-refractivity contribution in [3.63, 3.8) is 0 Å². The van der Waals surface area contributed by atoms with E-state index in [2.05, 4.69) is 15.0 Å². The number of methoxy groups -OCH3 is 1. The summed E-state index contributed by atoms with van der Waals surface area (Å²) in [4.78, 5) is 12.1. The molecule has 1 N–H and O–H groups in total. The van der Waals surface area contributed by atoms with Crippen LogP contribution in [0.25, 0.3) is 11.2 Å². The zero-order valence-electron chi connectivity index (χ0n) is 8.66. The smallest absolute Gasteiger partial charge is 0.215 e. The number of fused-ring (bicyclic) bond motifs is 1. The van der Waals surface area contributed by atoms with Crippen LogP contribution in [0.5, 0.6) is 5.88 Å². The highest BCUT2D eigenvalue weighted by molar-refractivity contribution is 5.71. The first-order valence-corrected chi connectivity index (χ1v) is 5.27. The van der Waals surface area contributed by atoms with Gasteiger partial charge in [0.25, 0.3) is 0 Å². The fraction of sp³-hybridized carbons (Fsp3) is 0.455. The topological polar surface area (TPSA) is 50.8 Å². The van der Waals surface area contributed by atoms with Crippen LogP contribution >= 0.6 is 0 Å². The molecular formula is C11H13N3O. The van der Waals surface area contributed by atoms with Crippen LogP contribution in [-0.4, -0.2) is 22.1 Å². The van der Waals surface area contributed by atoms with Gasteiger partial charge in [-0.25, -0.2) is 4.98 Å². The SMILES string of the molecule is COc1ccc2[nH]c(C3CCC3)nc2n1. The lowest BCUT2D eigenvalue weighted by Gasteiger charge is -2.22. The number of aromatic nitrogens is 3. The molecule has 2 aromatic rings. The van der Waals surface area contributed by atoms with E-state index in [1.54, 1.807) is 7.11 Å². The summed E-state index contributed by atoms with van der Waals surface area (Å²) in [5.41, 5.74) is 1.76. The van der Waals surface area contributed by atoms with E-state index < -0.39 is 0 Å². The molecule has 0 bridgehead atoms. The number of nitrogens with zero attached hydrogens (tertiary/aromatic N) is 2. The number of hydrogen-bond donors (Lipinski definition) is 1. The molecule has 1 saturated carbocycles. The molecular weight excluding hydrogens is 190 g/mol. The van der Waals surface area contributed by atoms with Crippen molar-refractivity contribution in [2.24, 2.45) is 0 Å². The third-order valence-electron chi connectivity index (χ3n) is 3.04. The van der Waals surface area contributed by atoms with E-state index in [-0.39, 0.29) is 0 Å². The van der Waals surface area contributed by atoms with Gasteiger partial charge in [0.05, 0.1) is 12.6 Å². The van der Waals surface area contributed by atoms with Gasteiger partial charge in [-0.1, -0.05) is 6.42 Å². The van der Waals surface area contributed by atoms with E-state index in [0.29, 0.717) is 11.8 Å². The molecule has 2 heterocycles. The molecule has 0 aromatic carbocycles. The molecule has 78 valence electrons. The highest BCUT2D eigenvalue weighted by Crippen LogP contribution is 2.35. The highest BCUT2D eigenvalue weighted by Gasteiger charge is 2.22. The average molecular weight is 203 g/mol. The van der Waals surface area contributed by atoms with Gasteiger partial charge >= 0.3 is 0 Å². The Morgan fingerprint density at radius 2 is 2.20 bits per heavy atom. The Hall–Kier alpha value is -1.58. The van der Waals surface area contributed by atoms with Gasteiger partial charge in [-0.2, -0.15) is 4.98 Å². The van der Waals surface area contributed by atoms with Crippen LogP contribution in [0, 0.1) is 0 Å². The summed E-state index contributed by atoms with van der Waals surface area (Å²) in [7, 11) is 1.62. The zero-order chi connectivity index (χ0) is 10.3. The molecule has 2 aromatic heterocycles. The van der Waals surface area contributed by atoms with Crippen molar-refractivity contribution in [3.05, 3.63) is 18.0 Å². The van der Waals surface area contributed by atoms with Crippen molar-refractivity contribution in [2.75, 3.05) is 7.11 Å². The van der Waals surface area contributed by atoms with Crippen molar-refractivity contribution in [1.82, 2.24) is 15.0 Å². The minimum atomic E-state index is 0.616. The van der Waals surface area contributed by atoms with Crippen molar-refractivity contribution in [2.45, 2.75) is 25.2 Å². The second-order valence-electron chi connectivity index (χ2n) is 3.97. The van der Waals surface area contributed by atoms with Gasteiger partial charge < -0.3 is 9.72 Å². The molecule has 1 fully saturated rings. The quantitative estimate of drug-likeness (QED) is 0.814. The standard InChI is InChI=1S/C11H13N3O/c1-15-9-6-5-8-11(13-9)14-10(12-8)7-3-2-4-7/h5-7H,2-4H2,1H3,(H,12,13,14). The summed E-state index contributed by atoms with van der Waals surface area (Å²) in [6, 6.07) is 3.82. The first-order valence-electron chi connectivity index (χ1n) is 5.27. The van der Waals surface area contributed by atoms with Gasteiger partial charge in [0.15, 0.2) is 5.65 Å². The van der Waals surface area contributed by atoms with Crippen molar-refractivity contribution in [1.29, 1.82) is 0 Å². The third kappa shape index (κ3) is 1.37. The van der Waals surface area contributed by atoms with Crippen LogP contribution in [0.3, 0.4) is 0 Å². The van der Waals surface area contributed by atoms with Gasteiger partial charge in [0, 0.05) is 12.0 Å². The number of imidazole rings is 1. The number of aromatic amines is 1. The molecule has 0 saturated heterocycles. The minimum Gasteiger partial charge on any atom is -0.481 e. The zero-order valence-corrected chi connectivity index (χ0v) is 8.66. The molecule has 0 amide bonds. The number of rotatable bonds is 2. The molecule has 1 aliphatic carbocycles.